The first kappa shape index (κ1) is 28.8. The summed E-state index contributed by atoms with van der Waals surface area (Å²) in [5.74, 6) is 0.840. The number of H-pyrrole nitrogens is 1. The summed E-state index contributed by atoms with van der Waals surface area (Å²) in [4.78, 5) is 36.7. The van der Waals surface area contributed by atoms with E-state index in [1.807, 2.05) is 44.2 Å². The molecule has 0 aliphatic rings. The van der Waals surface area contributed by atoms with Crippen molar-refractivity contribution < 1.29 is 28.2 Å². The van der Waals surface area contributed by atoms with Crippen LogP contribution in [0, 0.1) is 5.13 Å². The molecule has 4 rings (SSSR count). The third-order valence-corrected chi connectivity index (χ3v) is 7.10. The van der Waals surface area contributed by atoms with E-state index in [2.05, 4.69) is 15.3 Å². The van der Waals surface area contributed by atoms with E-state index in [1.54, 1.807) is 24.3 Å². The molecule has 0 saturated heterocycles. The van der Waals surface area contributed by atoms with Gasteiger partial charge in [-0.15, -0.1) is 11.3 Å². The van der Waals surface area contributed by atoms with Gasteiger partial charge in [-0.2, -0.15) is 4.39 Å². The Morgan fingerprint density at radius 2 is 1.75 bits per heavy atom. The summed E-state index contributed by atoms with van der Waals surface area (Å²) in [5.41, 5.74) is 1.92. The Balaban J connectivity index is 1.58. The molecule has 4 aromatic rings. The third-order valence-electron chi connectivity index (χ3n) is 6.22. The molecule has 0 fully saturated rings. The fraction of sp³-hybridized carbons (Fsp3) is 0.276. The van der Waals surface area contributed by atoms with Crippen LogP contribution in [0.15, 0.2) is 60.7 Å². The molecule has 11 heteroatoms. The number of aromatic nitrogens is 2. The van der Waals surface area contributed by atoms with Gasteiger partial charge in [0.15, 0.2) is 34.4 Å². The quantitative estimate of drug-likeness (QED) is 0.248. The van der Waals surface area contributed by atoms with E-state index in [9.17, 15) is 14.0 Å². The summed E-state index contributed by atoms with van der Waals surface area (Å²) < 4.78 is 29.9. The first-order valence-corrected chi connectivity index (χ1v) is 13.3. The van der Waals surface area contributed by atoms with E-state index >= 15 is 0 Å². The lowest BCUT2D eigenvalue weighted by molar-refractivity contribution is -0.146. The maximum absolute atomic E-state index is 13.7. The molecule has 2 amide bonds. The minimum Gasteiger partial charge on any atom is -0.493 e. The summed E-state index contributed by atoms with van der Waals surface area (Å²) in [6, 6.07) is 17.1. The topological polar surface area (TPSA) is 106 Å². The molecule has 1 atom stereocenters. The van der Waals surface area contributed by atoms with Crippen LogP contribution >= 0.6 is 11.3 Å². The summed E-state index contributed by atoms with van der Waals surface area (Å²) in [5, 5.41) is 2.49. The molecule has 0 bridgehead atoms. The zero-order valence-electron chi connectivity index (χ0n) is 22.9. The van der Waals surface area contributed by atoms with Crippen LogP contribution in [0.25, 0.3) is 22.0 Å². The molecule has 9 nitrogen and oxygen atoms in total. The Kier molecular flexibility index (Phi) is 9.18. The number of amides is 2. The minimum atomic E-state index is -0.972. The van der Waals surface area contributed by atoms with Gasteiger partial charge in [0.05, 0.1) is 24.8 Å². The van der Waals surface area contributed by atoms with E-state index in [4.69, 9.17) is 14.2 Å². The number of anilines is 1. The second kappa shape index (κ2) is 12.8. The highest BCUT2D eigenvalue weighted by Gasteiger charge is 2.30. The van der Waals surface area contributed by atoms with Crippen LogP contribution in [0.4, 0.5) is 10.2 Å². The molecule has 0 radical (unpaired) electrons. The van der Waals surface area contributed by atoms with Gasteiger partial charge in [0, 0.05) is 18.7 Å². The number of nitrogens with one attached hydrogen (secondary N) is 2. The van der Waals surface area contributed by atoms with Gasteiger partial charge in [0.25, 0.3) is 5.91 Å². The lowest BCUT2D eigenvalue weighted by Crippen LogP contribution is -2.45. The summed E-state index contributed by atoms with van der Waals surface area (Å²) in [7, 11) is 4.47. The number of hydrogen-bond donors (Lipinski definition) is 2. The SMILES string of the molecule is COc1ccc(C(OC)C(=O)N(CC(=O)Nc2nc(-c3ccc(F)s3)[nH]c2-c2ccccc2)C(C)C)cc1OC. The Morgan fingerprint density at radius 1 is 1.02 bits per heavy atom. The number of hydrogen-bond acceptors (Lipinski definition) is 7. The summed E-state index contributed by atoms with van der Waals surface area (Å²) in [6.07, 6.45) is -0.972. The average Bonchev–Trinajstić information content (AvgIpc) is 3.58. The smallest absolute Gasteiger partial charge is 0.257 e. The molecule has 2 heterocycles. The number of nitrogens with zero attached hydrogens (tertiary/aromatic N) is 2. The highest BCUT2D eigenvalue weighted by atomic mass is 32.1. The van der Waals surface area contributed by atoms with Gasteiger partial charge in [0.1, 0.15) is 6.54 Å². The number of thiophene rings is 1. The van der Waals surface area contributed by atoms with E-state index in [1.165, 1.54) is 32.3 Å². The predicted octanol–water partition coefficient (Wildman–Crippen LogP) is 5.52. The highest BCUT2D eigenvalue weighted by Crippen LogP contribution is 2.33. The third kappa shape index (κ3) is 6.32. The Morgan fingerprint density at radius 3 is 2.35 bits per heavy atom. The molecule has 2 aromatic carbocycles. The fourth-order valence-electron chi connectivity index (χ4n) is 4.22. The number of carbonyl (C=O) groups is 2. The van der Waals surface area contributed by atoms with Crippen LogP contribution in [-0.2, 0) is 14.3 Å². The van der Waals surface area contributed by atoms with Gasteiger partial charge in [-0.1, -0.05) is 36.4 Å². The number of benzene rings is 2. The monoisotopic (exact) mass is 566 g/mol. The number of methoxy groups -OCH3 is 3. The number of rotatable bonds is 11. The van der Waals surface area contributed by atoms with Crippen molar-refractivity contribution in [2.75, 3.05) is 33.2 Å². The van der Waals surface area contributed by atoms with Crippen molar-refractivity contribution in [3.63, 3.8) is 0 Å². The highest BCUT2D eigenvalue weighted by molar-refractivity contribution is 7.13. The zero-order chi connectivity index (χ0) is 28.8. The van der Waals surface area contributed by atoms with Crippen molar-refractivity contribution in [2.24, 2.45) is 0 Å². The van der Waals surface area contributed by atoms with Crippen LogP contribution in [0.2, 0.25) is 0 Å². The summed E-state index contributed by atoms with van der Waals surface area (Å²) >= 11 is 0.947. The molecule has 2 aromatic heterocycles. The Bertz CT molecular complexity index is 1470. The maximum Gasteiger partial charge on any atom is 0.257 e. The lowest BCUT2D eigenvalue weighted by atomic mass is 10.1. The van der Waals surface area contributed by atoms with E-state index in [-0.39, 0.29) is 29.4 Å². The molecule has 2 N–H and O–H groups in total. The van der Waals surface area contributed by atoms with Gasteiger partial charge in [-0.25, -0.2) is 4.98 Å². The van der Waals surface area contributed by atoms with E-state index in [0.29, 0.717) is 33.5 Å². The molecule has 0 spiro atoms. The second-order valence-electron chi connectivity index (χ2n) is 9.12. The van der Waals surface area contributed by atoms with Crippen molar-refractivity contribution >= 4 is 29.0 Å². The van der Waals surface area contributed by atoms with Gasteiger partial charge >= 0.3 is 0 Å². The van der Waals surface area contributed by atoms with E-state index < -0.39 is 12.0 Å². The number of ether oxygens (including phenoxy) is 3. The molecular formula is C29H31FN4O5S. The van der Waals surface area contributed by atoms with Crippen LogP contribution in [0.5, 0.6) is 11.5 Å². The first-order valence-electron chi connectivity index (χ1n) is 12.5. The van der Waals surface area contributed by atoms with Crippen LogP contribution in [-0.4, -0.2) is 60.6 Å². The fourth-order valence-corrected chi connectivity index (χ4v) is 4.90. The molecule has 1 unspecified atom stereocenters. The molecule has 0 aliphatic heterocycles. The van der Waals surface area contributed by atoms with Crippen LogP contribution in [0.3, 0.4) is 0 Å². The first-order chi connectivity index (χ1) is 19.2. The number of carbonyl (C=O) groups excluding carboxylic acids is 2. The molecule has 0 aliphatic carbocycles. The zero-order valence-corrected chi connectivity index (χ0v) is 23.7. The van der Waals surface area contributed by atoms with Crippen molar-refractivity contribution in [1.82, 2.24) is 14.9 Å². The van der Waals surface area contributed by atoms with Crippen molar-refractivity contribution in [1.29, 1.82) is 0 Å². The predicted molar refractivity (Wildman–Crippen MR) is 152 cm³/mol. The summed E-state index contributed by atoms with van der Waals surface area (Å²) in [6.45, 7) is 3.40. The van der Waals surface area contributed by atoms with Gasteiger partial charge < -0.3 is 29.4 Å². The van der Waals surface area contributed by atoms with Crippen molar-refractivity contribution in [3.05, 3.63) is 71.4 Å². The average molecular weight is 567 g/mol. The van der Waals surface area contributed by atoms with Crippen LogP contribution in [0.1, 0.15) is 25.5 Å². The number of halogens is 1. The maximum atomic E-state index is 13.7. The van der Waals surface area contributed by atoms with Gasteiger partial charge in [0.2, 0.25) is 5.91 Å². The van der Waals surface area contributed by atoms with E-state index in [0.717, 1.165) is 16.9 Å². The van der Waals surface area contributed by atoms with Crippen LogP contribution < -0.4 is 14.8 Å². The number of imidazole rings is 1. The second-order valence-corrected chi connectivity index (χ2v) is 10.2. The number of aromatic amines is 1. The van der Waals surface area contributed by atoms with Gasteiger partial charge in [-0.3, -0.25) is 9.59 Å². The molecule has 40 heavy (non-hydrogen) atoms. The standard InChI is InChI=1S/C29H31FN4O5S/c1-17(2)34(29(36)26(39-5)19-11-12-20(37-3)21(15-19)38-4)16-24(35)31-28-25(18-9-7-6-8-10-18)32-27(33-28)22-13-14-23(30)40-22/h6-15,17,26H,16H2,1-5H3,(H,31,35)(H,32,33). The Labute approximate surface area is 235 Å². The minimum absolute atomic E-state index is 0.242. The molecule has 210 valence electrons. The van der Waals surface area contributed by atoms with Gasteiger partial charge in [-0.05, 0) is 43.7 Å². The Hall–Kier alpha value is -4.22. The van der Waals surface area contributed by atoms with Crippen molar-refractivity contribution in [3.8, 4) is 33.5 Å². The largest absolute Gasteiger partial charge is 0.493 e. The lowest BCUT2D eigenvalue weighted by Gasteiger charge is -2.30. The normalized spacial score (nSPS) is 11.8. The molecular weight excluding hydrogens is 535 g/mol. The van der Waals surface area contributed by atoms with Crippen molar-refractivity contribution in [2.45, 2.75) is 26.0 Å². The molecule has 0 saturated carbocycles.